The first-order valence-corrected chi connectivity index (χ1v) is 4.72. The third kappa shape index (κ3) is 1.74. The van der Waals surface area contributed by atoms with Crippen molar-refractivity contribution in [3.8, 4) is 0 Å². The SMILES string of the molecule is [2H]N1CCC(O)(c2ccccc2)CC1. The highest BCUT2D eigenvalue weighted by Gasteiger charge is 2.30. The lowest BCUT2D eigenvalue weighted by Crippen LogP contribution is -2.39. The Bertz CT molecular complexity index is 293. The lowest BCUT2D eigenvalue weighted by molar-refractivity contribution is 0.00594. The van der Waals surface area contributed by atoms with Crippen LogP contribution < -0.4 is 5.31 Å². The number of nitrogens with one attached hydrogen (secondary N) is 1. The Morgan fingerprint density at radius 3 is 2.46 bits per heavy atom. The quantitative estimate of drug-likeness (QED) is 0.678. The van der Waals surface area contributed by atoms with Gasteiger partial charge in [-0.1, -0.05) is 30.3 Å². The van der Waals surface area contributed by atoms with E-state index in [1.54, 1.807) is 0 Å². The molecular formula is C11H15NO. The van der Waals surface area contributed by atoms with E-state index in [0.717, 1.165) is 5.56 Å². The smallest absolute Gasteiger partial charge is 0.122 e. The van der Waals surface area contributed by atoms with E-state index in [0.29, 0.717) is 25.9 Å². The van der Waals surface area contributed by atoms with E-state index in [-0.39, 0.29) is 0 Å². The highest BCUT2D eigenvalue weighted by atomic mass is 16.3. The first kappa shape index (κ1) is 7.54. The number of hydrogen-bond donors (Lipinski definition) is 2. The zero-order valence-electron chi connectivity index (χ0n) is 8.61. The summed E-state index contributed by atoms with van der Waals surface area (Å²) in [5.74, 6) is 0. The maximum atomic E-state index is 10.4. The Labute approximate surface area is 80.1 Å². The summed E-state index contributed by atoms with van der Waals surface area (Å²) in [6, 6.07) is 9.76. The van der Waals surface area contributed by atoms with Crippen LogP contribution in [0.4, 0.5) is 0 Å². The minimum absolute atomic E-state index is 0.644. The Morgan fingerprint density at radius 2 is 1.85 bits per heavy atom. The van der Waals surface area contributed by atoms with E-state index >= 15 is 0 Å². The third-order valence-electron chi connectivity index (χ3n) is 2.68. The van der Waals surface area contributed by atoms with Crippen molar-refractivity contribution < 1.29 is 6.52 Å². The molecule has 0 radical (unpaired) electrons. The molecule has 0 unspecified atom stereocenters. The monoisotopic (exact) mass is 178 g/mol. The maximum absolute atomic E-state index is 10.4. The molecular weight excluding hydrogens is 162 g/mol. The molecule has 1 aromatic carbocycles. The second-order valence-electron chi connectivity index (χ2n) is 3.57. The fourth-order valence-electron chi connectivity index (χ4n) is 1.80. The summed E-state index contributed by atoms with van der Waals surface area (Å²) in [6.07, 6.45) is 1.31. The summed E-state index contributed by atoms with van der Waals surface area (Å²) in [5.41, 5.74) is 0.270. The molecule has 1 aliphatic rings. The molecule has 0 atom stereocenters. The van der Waals surface area contributed by atoms with Gasteiger partial charge in [-0.15, -0.1) is 0 Å². The van der Waals surface area contributed by atoms with Gasteiger partial charge in [-0.2, -0.15) is 0 Å². The van der Waals surface area contributed by atoms with Crippen molar-refractivity contribution in [1.82, 2.24) is 5.31 Å². The van der Waals surface area contributed by atoms with Gasteiger partial charge in [-0.05, 0) is 31.5 Å². The summed E-state index contributed by atoms with van der Waals surface area (Å²) in [5, 5.41) is 11.9. The Morgan fingerprint density at radius 1 is 1.23 bits per heavy atom. The molecule has 0 saturated carbocycles. The summed E-state index contributed by atoms with van der Waals surface area (Å²) in [4.78, 5) is 0. The molecule has 1 aromatic rings. The van der Waals surface area contributed by atoms with Crippen molar-refractivity contribution >= 4 is 0 Å². The van der Waals surface area contributed by atoms with Crippen LogP contribution in [-0.4, -0.2) is 18.2 Å². The highest BCUT2D eigenvalue weighted by molar-refractivity contribution is 5.22. The van der Waals surface area contributed by atoms with Gasteiger partial charge in [0.15, 0.2) is 0 Å². The Balaban J connectivity index is 2.17. The summed E-state index contributed by atoms with van der Waals surface area (Å²) in [6.45, 7) is 1.29. The van der Waals surface area contributed by atoms with E-state index in [4.69, 9.17) is 1.41 Å². The normalized spacial score (nSPS) is 23.9. The lowest BCUT2D eigenvalue weighted by atomic mass is 9.85. The van der Waals surface area contributed by atoms with Gasteiger partial charge in [0.2, 0.25) is 0 Å². The van der Waals surface area contributed by atoms with Gasteiger partial charge in [0, 0.05) is 0 Å². The summed E-state index contributed by atoms with van der Waals surface area (Å²) < 4.78 is 7.43. The number of piperidine rings is 1. The van der Waals surface area contributed by atoms with Crippen molar-refractivity contribution in [2.45, 2.75) is 18.4 Å². The molecule has 1 aliphatic heterocycles. The molecule has 0 spiro atoms. The molecule has 0 bridgehead atoms. The minimum atomic E-state index is -0.710. The molecule has 1 heterocycles. The van der Waals surface area contributed by atoms with Crippen molar-refractivity contribution in [2.75, 3.05) is 13.1 Å². The second kappa shape index (κ2) is 3.48. The van der Waals surface area contributed by atoms with E-state index < -0.39 is 5.60 Å². The van der Waals surface area contributed by atoms with Crippen LogP contribution in [0.25, 0.3) is 0 Å². The van der Waals surface area contributed by atoms with Crippen molar-refractivity contribution in [1.29, 1.82) is 0 Å². The predicted octanol–water partition coefficient (Wildman–Crippen LogP) is 1.26. The standard InChI is InChI=1S/C11H15NO/c13-11(6-8-12-9-7-11)10-4-2-1-3-5-10/h1-5,12-13H,6-9H2/i/hD. The predicted molar refractivity (Wildman–Crippen MR) is 52.4 cm³/mol. The Hall–Kier alpha value is -0.860. The van der Waals surface area contributed by atoms with Crippen molar-refractivity contribution in [3.63, 3.8) is 0 Å². The van der Waals surface area contributed by atoms with Gasteiger partial charge in [-0.3, -0.25) is 0 Å². The van der Waals surface area contributed by atoms with Gasteiger partial charge in [0.25, 0.3) is 0 Å². The molecule has 13 heavy (non-hydrogen) atoms. The maximum Gasteiger partial charge on any atom is 0.122 e. The third-order valence-corrected chi connectivity index (χ3v) is 2.68. The van der Waals surface area contributed by atoms with E-state index in [1.165, 1.54) is 5.31 Å². The molecule has 0 amide bonds. The summed E-state index contributed by atoms with van der Waals surface area (Å²) >= 11 is 0. The molecule has 2 nitrogen and oxygen atoms in total. The van der Waals surface area contributed by atoms with Crippen LogP contribution >= 0.6 is 0 Å². The topological polar surface area (TPSA) is 32.3 Å². The molecule has 2 rings (SSSR count). The number of rotatable bonds is 1. The molecule has 1 saturated heterocycles. The first-order valence-electron chi connectivity index (χ1n) is 5.17. The summed E-state index contributed by atoms with van der Waals surface area (Å²) in [7, 11) is 0. The zero-order valence-corrected chi connectivity index (χ0v) is 7.61. The number of benzene rings is 1. The largest absolute Gasteiger partial charge is 0.385 e. The van der Waals surface area contributed by atoms with Gasteiger partial charge < -0.3 is 10.4 Å². The average molecular weight is 178 g/mol. The van der Waals surface area contributed by atoms with E-state index in [1.807, 2.05) is 30.3 Å². The van der Waals surface area contributed by atoms with E-state index in [9.17, 15) is 5.11 Å². The van der Waals surface area contributed by atoms with Crippen LogP contribution in [0.15, 0.2) is 30.3 Å². The molecule has 0 aromatic heterocycles. The molecule has 2 heteroatoms. The lowest BCUT2D eigenvalue weighted by Gasteiger charge is -2.32. The fourth-order valence-corrected chi connectivity index (χ4v) is 1.80. The van der Waals surface area contributed by atoms with Gasteiger partial charge >= 0.3 is 0 Å². The minimum Gasteiger partial charge on any atom is -0.385 e. The van der Waals surface area contributed by atoms with Crippen molar-refractivity contribution in [2.24, 2.45) is 0 Å². The molecule has 0 aliphatic carbocycles. The fraction of sp³-hybridized carbons (Fsp3) is 0.455. The second-order valence-corrected chi connectivity index (χ2v) is 3.57. The van der Waals surface area contributed by atoms with Crippen LogP contribution in [0.3, 0.4) is 0 Å². The van der Waals surface area contributed by atoms with Gasteiger partial charge in [0.1, 0.15) is 1.41 Å². The van der Waals surface area contributed by atoms with Gasteiger partial charge in [-0.25, -0.2) is 0 Å². The molecule has 1 fully saturated rings. The molecule has 70 valence electrons. The Kier molecular flexibility index (Phi) is 2.02. The highest BCUT2D eigenvalue weighted by Crippen LogP contribution is 2.29. The van der Waals surface area contributed by atoms with Crippen LogP contribution in [0, 0.1) is 0 Å². The number of aliphatic hydroxyl groups is 1. The van der Waals surface area contributed by atoms with Gasteiger partial charge in [0.05, 0.1) is 5.60 Å². The van der Waals surface area contributed by atoms with Crippen LogP contribution in [0.1, 0.15) is 18.4 Å². The van der Waals surface area contributed by atoms with Crippen LogP contribution in [0.2, 0.25) is 1.41 Å². The average Bonchev–Trinajstić information content (AvgIpc) is 2.24. The molecule has 2 N–H and O–H groups in total. The first-order chi connectivity index (χ1) is 6.71. The zero-order chi connectivity index (χ0) is 10.0. The van der Waals surface area contributed by atoms with Crippen molar-refractivity contribution in [3.05, 3.63) is 35.9 Å². The van der Waals surface area contributed by atoms with E-state index in [2.05, 4.69) is 0 Å². The van der Waals surface area contributed by atoms with Crippen LogP contribution in [-0.2, 0) is 5.60 Å². The van der Waals surface area contributed by atoms with Crippen LogP contribution in [0.5, 0.6) is 0 Å². The number of hydrogen-bond acceptors (Lipinski definition) is 2.